The van der Waals surface area contributed by atoms with Crippen LogP contribution in [0.15, 0.2) is 66.9 Å². The van der Waals surface area contributed by atoms with E-state index in [1.54, 1.807) is 35.0 Å². The number of nitrogens with one attached hydrogen (secondary N) is 1. The Kier molecular flexibility index (Phi) is 5.93. The van der Waals surface area contributed by atoms with Gasteiger partial charge in [-0.05, 0) is 48.5 Å². The Hall–Kier alpha value is -4.28. The molecule has 5 rings (SSSR count). The third kappa shape index (κ3) is 4.52. The zero-order valence-electron chi connectivity index (χ0n) is 19.3. The molecule has 2 atom stereocenters. The molecule has 3 aromatic carbocycles. The molecule has 1 aliphatic rings. The van der Waals surface area contributed by atoms with E-state index in [2.05, 4.69) is 10.4 Å². The summed E-state index contributed by atoms with van der Waals surface area (Å²) in [5, 5.41) is 7.04. The average molecular weight is 514 g/mol. The van der Waals surface area contributed by atoms with E-state index in [1.807, 2.05) is 0 Å². The minimum absolute atomic E-state index is 0.140. The third-order valence-electron chi connectivity index (χ3n) is 6.22. The number of hydrogen-bond donors (Lipinski definition) is 1. The smallest absolute Gasteiger partial charge is 0.321 e. The standard InChI is InChI=1S/C26H19F5N4O2/c1-26(30,31)25(37)33-21-12-23(36)34(24(21)19-8-4-16(28)11-20(19)29)18-7-9-22-14(10-18)13-32-35(22)17-5-2-15(27)3-6-17/h2-11,13,21,24H,12H2,1H3,(H,33,37)/t21-,24+/m0/s1. The number of rotatable bonds is 5. The topological polar surface area (TPSA) is 67.2 Å². The Bertz CT molecular complexity index is 1510. The summed E-state index contributed by atoms with van der Waals surface area (Å²) in [7, 11) is 0. The predicted octanol–water partition coefficient (Wildman–Crippen LogP) is 5.06. The summed E-state index contributed by atoms with van der Waals surface area (Å²) in [4.78, 5) is 26.3. The van der Waals surface area contributed by atoms with Gasteiger partial charge in [0, 0.05) is 36.0 Å². The quantitative estimate of drug-likeness (QED) is 0.379. The number of carbonyl (C=O) groups is 2. The molecular weight excluding hydrogens is 495 g/mol. The van der Waals surface area contributed by atoms with Crippen molar-refractivity contribution in [2.24, 2.45) is 0 Å². The predicted molar refractivity (Wildman–Crippen MR) is 125 cm³/mol. The van der Waals surface area contributed by atoms with Crippen LogP contribution in [-0.2, 0) is 9.59 Å². The van der Waals surface area contributed by atoms with Gasteiger partial charge in [0.15, 0.2) is 0 Å². The molecule has 2 amide bonds. The minimum atomic E-state index is -3.73. The lowest BCUT2D eigenvalue weighted by Crippen LogP contribution is -2.46. The van der Waals surface area contributed by atoms with Crippen molar-refractivity contribution in [1.29, 1.82) is 0 Å². The fraction of sp³-hybridized carbons (Fsp3) is 0.192. The highest BCUT2D eigenvalue weighted by Crippen LogP contribution is 2.40. The Morgan fingerprint density at radius 3 is 2.32 bits per heavy atom. The van der Waals surface area contributed by atoms with Crippen LogP contribution in [0.2, 0.25) is 0 Å². The molecule has 0 bridgehead atoms. The van der Waals surface area contributed by atoms with E-state index < -0.39 is 47.3 Å². The van der Waals surface area contributed by atoms with Crippen LogP contribution in [0, 0.1) is 17.5 Å². The largest absolute Gasteiger partial charge is 0.345 e. The van der Waals surface area contributed by atoms with Gasteiger partial charge in [-0.25, -0.2) is 17.9 Å². The van der Waals surface area contributed by atoms with E-state index >= 15 is 0 Å². The van der Waals surface area contributed by atoms with Crippen LogP contribution in [0.1, 0.15) is 24.9 Å². The van der Waals surface area contributed by atoms with Gasteiger partial charge in [0.1, 0.15) is 17.5 Å². The summed E-state index contributed by atoms with van der Waals surface area (Å²) in [6.45, 7) is 0.414. The number of hydrogen-bond acceptors (Lipinski definition) is 3. The maximum absolute atomic E-state index is 14.9. The first kappa shape index (κ1) is 24.4. The molecule has 1 fully saturated rings. The van der Waals surface area contributed by atoms with E-state index in [0.717, 1.165) is 12.1 Å². The molecule has 1 saturated heterocycles. The van der Waals surface area contributed by atoms with Crippen LogP contribution in [-0.4, -0.2) is 33.6 Å². The first-order chi connectivity index (χ1) is 17.5. The van der Waals surface area contributed by atoms with Gasteiger partial charge in [0.05, 0.1) is 29.5 Å². The number of nitrogens with zero attached hydrogens (tertiary/aromatic N) is 3. The number of alkyl halides is 2. The fourth-order valence-electron chi connectivity index (χ4n) is 4.52. The van der Waals surface area contributed by atoms with Crippen LogP contribution >= 0.6 is 0 Å². The molecule has 6 nitrogen and oxygen atoms in total. The molecular formula is C26H19F5N4O2. The summed E-state index contributed by atoms with van der Waals surface area (Å²) in [6, 6.07) is 10.8. The number of halogens is 5. The second-order valence-electron chi connectivity index (χ2n) is 8.82. The van der Waals surface area contributed by atoms with Crippen LogP contribution < -0.4 is 10.2 Å². The van der Waals surface area contributed by atoms with Gasteiger partial charge in [-0.3, -0.25) is 9.59 Å². The average Bonchev–Trinajstić information content (AvgIpc) is 3.39. The van der Waals surface area contributed by atoms with E-state index in [0.29, 0.717) is 35.3 Å². The molecule has 1 aromatic heterocycles. The van der Waals surface area contributed by atoms with Gasteiger partial charge >= 0.3 is 5.92 Å². The van der Waals surface area contributed by atoms with E-state index in [4.69, 9.17) is 0 Å². The molecule has 0 spiro atoms. The first-order valence-corrected chi connectivity index (χ1v) is 11.2. The molecule has 1 N–H and O–H groups in total. The summed E-state index contributed by atoms with van der Waals surface area (Å²) in [5.41, 5.74) is 1.38. The van der Waals surface area contributed by atoms with Crippen molar-refractivity contribution >= 4 is 28.4 Å². The van der Waals surface area contributed by atoms with Gasteiger partial charge in [-0.2, -0.15) is 13.9 Å². The number of anilines is 1. The minimum Gasteiger partial charge on any atom is -0.345 e. The molecule has 4 aromatic rings. The van der Waals surface area contributed by atoms with Crippen molar-refractivity contribution < 1.29 is 31.5 Å². The number of aromatic nitrogens is 2. The lowest BCUT2D eigenvalue weighted by atomic mass is 9.98. The molecule has 11 heteroatoms. The lowest BCUT2D eigenvalue weighted by Gasteiger charge is -2.30. The normalized spacial score (nSPS) is 18.0. The van der Waals surface area contributed by atoms with E-state index in [1.165, 1.54) is 23.2 Å². The summed E-state index contributed by atoms with van der Waals surface area (Å²) >= 11 is 0. The molecule has 0 radical (unpaired) electrons. The monoisotopic (exact) mass is 514 g/mol. The van der Waals surface area contributed by atoms with Crippen molar-refractivity contribution in [3.8, 4) is 5.69 Å². The van der Waals surface area contributed by atoms with Crippen LogP contribution in [0.3, 0.4) is 0 Å². The van der Waals surface area contributed by atoms with Crippen LogP contribution in [0.25, 0.3) is 16.6 Å². The highest BCUT2D eigenvalue weighted by atomic mass is 19.3. The molecule has 37 heavy (non-hydrogen) atoms. The summed E-state index contributed by atoms with van der Waals surface area (Å²) < 4.78 is 70.6. The van der Waals surface area contributed by atoms with Crippen molar-refractivity contribution in [3.05, 3.63) is 89.9 Å². The Balaban J connectivity index is 1.57. The Labute approximate surface area is 207 Å². The zero-order valence-corrected chi connectivity index (χ0v) is 19.3. The zero-order chi connectivity index (χ0) is 26.5. The third-order valence-corrected chi connectivity index (χ3v) is 6.22. The second kappa shape index (κ2) is 8.99. The van der Waals surface area contributed by atoms with Gasteiger partial charge < -0.3 is 10.2 Å². The Morgan fingerprint density at radius 1 is 0.973 bits per heavy atom. The number of carbonyl (C=O) groups excluding carboxylic acids is 2. The van der Waals surface area contributed by atoms with Gasteiger partial charge in [0.25, 0.3) is 5.91 Å². The summed E-state index contributed by atoms with van der Waals surface area (Å²) in [5.74, 6) is -8.14. The second-order valence-corrected chi connectivity index (χ2v) is 8.82. The Morgan fingerprint density at radius 2 is 1.65 bits per heavy atom. The maximum Gasteiger partial charge on any atom is 0.321 e. The number of benzene rings is 3. The SMILES string of the molecule is CC(F)(F)C(=O)N[C@H]1CC(=O)N(c2ccc3c(cnn3-c3ccc(F)cc3)c2)[C@@H]1c1ccc(F)cc1F. The number of amides is 2. The van der Waals surface area contributed by atoms with Crippen molar-refractivity contribution in [1.82, 2.24) is 15.1 Å². The van der Waals surface area contributed by atoms with Gasteiger partial charge in [-0.1, -0.05) is 6.07 Å². The highest BCUT2D eigenvalue weighted by molar-refractivity contribution is 6.00. The van der Waals surface area contributed by atoms with Gasteiger partial charge in [-0.15, -0.1) is 0 Å². The van der Waals surface area contributed by atoms with Gasteiger partial charge in [0.2, 0.25) is 5.91 Å². The molecule has 1 aliphatic heterocycles. The number of fused-ring (bicyclic) bond motifs is 1. The molecule has 0 saturated carbocycles. The van der Waals surface area contributed by atoms with Crippen molar-refractivity contribution in [2.45, 2.75) is 31.4 Å². The summed E-state index contributed by atoms with van der Waals surface area (Å²) in [6.07, 6.45) is 1.14. The molecule has 2 heterocycles. The first-order valence-electron chi connectivity index (χ1n) is 11.2. The van der Waals surface area contributed by atoms with Crippen LogP contribution in [0.4, 0.5) is 27.6 Å². The van der Waals surface area contributed by atoms with Crippen molar-refractivity contribution in [3.63, 3.8) is 0 Å². The van der Waals surface area contributed by atoms with E-state index in [-0.39, 0.29) is 12.0 Å². The van der Waals surface area contributed by atoms with Crippen LogP contribution in [0.5, 0.6) is 0 Å². The highest BCUT2D eigenvalue weighted by Gasteiger charge is 2.46. The maximum atomic E-state index is 14.9. The molecule has 190 valence electrons. The lowest BCUT2D eigenvalue weighted by molar-refractivity contribution is -0.143. The molecule has 0 aliphatic carbocycles. The van der Waals surface area contributed by atoms with E-state index in [9.17, 15) is 31.5 Å². The van der Waals surface area contributed by atoms with Crippen molar-refractivity contribution in [2.75, 3.05) is 4.90 Å². The fourth-order valence-corrected chi connectivity index (χ4v) is 4.52. The molecule has 0 unspecified atom stereocenters.